The van der Waals surface area contributed by atoms with Crippen molar-refractivity contribution in [3.8, 4) is 0 Å². The average molecular weight is 354 g/mol. The molecule has 0 aromatic carbocycles. The van der Waals surface area contributed by atoms with Crippen molar-refractivity contribution in [2.75, 3.05) is 12.3 Å². The molecule has 0 bridgehead atoms. The highest BCUT2D eigenvalue weighted by Crippen LogP contribution is 2.71. The molecule has 24 heavy (non-hydrogen) atoms. The van der Waals surface area contributed by atoms with Gasteiger partial charge >= 0.3 is 0 Å². The van der Waals surface area contributed by atoms with Crippen LogP contribution in [-0.2, 0) is 9.47 Å². The Kier molecular flexibility index (Phi) is 2.34. The van der Waals surface area contributed by atoms with Gasteiger partial charge in [0, 0.05) is 5.41 Å². The fourth-order valence-electron chi connectivity index (χ4n) is 4.40. The molecule has 0 spiro atoms. The van der Waals surface area contributed by atoms with E-state index >= 15 is 0 Å². The first-order chi connectivity index (χ1) is 12.1. The van der Waals surface area contributed by atoms with E-state index in [-0.39, 0.29) is 23.1 Å². The standard InChI is InChI=1S/C15H18ClN5O3/c1-14(2)23-9-8(6-3-15(6,4-22)10(9)24-14)21-5-18-7-11(17)19-13(16)20-12(7)21/h5-6,8-10,22H,3-4H2,1-2H3,(H2,17,19,20)/t6-,8-,9+,10+,15+/m1/s1/i4D2. The first-order valence-corrected chi connectivity index (χ1v) is 8.16. The van der Waals surface area contributed by atoms with Crippen LogP contribution in [0, 0.1) is 11.3 Å². The minimum atomic E-state index is -2.39. The SMILES string of the molecule is [2H]C([2H])(O)[C@@]12C[C@@H]1[C@@H](n1cnc3c(N)nc(Cl)nc31)[C@@H]1OC(C)(C)O[C@@H]12. The van der Waals surface area contributed by atoms with Crippen LogP contribution in [0.15, 0.2) is 6.33 Å². The third-order valence-electron chi connectivity index (χ3n) is 5.40. The zero-order valence-electron chi connectivity index (χ0n) is 15.1. The molecule has 128 valence electrons. The molecule has 0 radical (unpaired) electrons. The first kappa shape index (κ1) is 12.8. The number of halogens is 1. The monoisotopic (exact) mass is 353 g/mol. The van der Waals surface area contributed by atoms with Crippen LogP contribution in [0.25, 0.3) is 11.2 Å². The van der Waals surface area contributed by atoms with Gasteiger partial charge in [0.25, 0.3) is 0 Å². The highest BCUT2D eigenvalue weighted by Gasteiger charge is 2.75. The molecule has 0 unspecified atom stereocenters. The molecular weight excluding hydrogens is 334 g/mol. The summed E-state index contributed by atoms with van der Waals surface area (Å²) in [6.07, 6.45) is 1.05. The van der Waals surface area contributed by atoms with Crippen LogP contribution < -0.4 is 5.73 Å². The number of rotatable bonds is 2. The fraction of sp³-hybridized carbons (Fsp3) is 0.667. The van der Waals surface area contributed by atoms with Crippen molar-refractivity contribution < 1.29 is 17.3 Å². The summed E-state index contributed by atoms with van der Waals surface area (Å²) in [7, 11) is 0. The van der Waals surface area contributed by atoms with Gasteiger partial charge < -0.3 is 24.9 Å². The highest BCUT2D eigenvalue weighted by molar-refractivity contribution is 6.28. The fourth-order valence-corrected chi connectivity index (χ4v) is 4.57. The topological polar surface area (TPSA) is 108 Å². The summed E-state index contributed by atoms with van der Waals surface area (Å²) in [6, 6.07) is -0.306. The van der Waals surface area contributed by atoms with Crippen molar-refractivity contribution in [1.29, 1.82) is 0 Å². The van der Waals surface area contributed by atoms with E-state index in [1.807, 2.05) is 0 Å². The summed E-state index contributed by atoms with van der Waals surface area (Å²) in [6.45, 7) is 1.17. The summed E-state index contributed by atoms with van der Waals surface area (Å²) in [5, 5.41) is 10.3. The molecule has 2 aromatic rings. The molecule has 2 aromatic heterocycles. The molecule has 3 N–H and O–H groups in total. The lowest BCUT2D eigenvalue weighted by atomic mass is 10.0. The lowest BCUT2D eigenvalue weighted by Crippen LogP contribution is -2.33. The predicted octanol–water partition coefficient (Wildman–Crippen LogP) is 1.14. The Morgan fingerprint density at radius 1 is 1.50 bits per heavy atom. The Balaban J connectivity index is 1.67. The van der Waals surface area contributed by atoms with Crippen LogP contribution >= 0.6 is 11.6 Å². The van der Waals surface area contributed by atoms with Gasteiger partial charge in [-0.25, -0.2) is 4.98 Å². The van der Waals surface area contributed by atoms with Crippen molar-refractivity contribution in [2.24, 2.45) is 11.3 Å². The Hall–Kier alpha value is -1.48. The Morgan fingerprint density at radius 3 is 3.04 bits per heavy atom. The van der Waals surface area contributed by atoms with E-state index < -0.39 is 30.0 Å². The second-order valence-corrected chi connectivity index (χ2v) is 7.51. The van der Waals surface area contributed by atoms with Crippen LogP contribution in [0.5, 0.6) is 0 Å². The van der Waals surface area contributed by atoms with Crippen LogP contribution in [0.1, 0.15) is 29.1 Å². The second kappa shape index (κ2) is 4.37. The minimum Gasteiger partial charge on any atom is -0.396 e. The van der Waals surface area contributed by atoms with Gasteiger partial charge in [-0.15, -0.1) is 0 Å². The zero-order valence-corrected chi connectivity index (χ0v) is 13.9. The number of fused-ring (bicyclic) bond motifs is 4. The first-order valence-electron chi connectivity index (χ1n) is 8.79. The van der Waals surface area contributed by atoms with Gasteiger partial charge in [-0.3, -0.25) is 0 Å². The zero-order chi connectivity index (χ0) is 18.6. The van der Waals surface area contributed by atoms with Gasteiger partial charge in [-0.2, -0.15) is 9.97 Å². The van der Waals surface area contributed by atoms with Crippen LogP contribution in [-0.4, -0.2) is 49.2 Å². The summed E-state index contributed by atoms with van der Waals surface area (Å²) in [5.41, 5.74) is 5.76. The molecular formula is C15H18ClN5O3. The van der Waals surface area contributed by atoms with Gasteiger partial charge in [-0.1, -0.05) is 0 Å². The lowest BCUT2D eigenvalue weighted by Gasteiger charge is -2.24. The van der Waals surface area contributed by atoms with E-state index in [9.17, 15) is 5.11 Å². The van der Waals surface area contributed by atoms with E-state index in [0.717, 1.165) is 0 Å². The molecule has 3 fully saturated rings. The smallest absolute Gasteiger partial charge is 0.226 e. The molecule has 2 aliphatic carbocycles. The number of ether oxygens (including phenoxy) is 2. The van der Waals surface area contributed by atoms with Crippen LogP contribution in [0.4, 0.5) is 5.82 Å². The van der Waals surface area contributed by atoms with Crippen LogP contribution in [0.2, 0.25) is 5.28 Å². The van der Waals surface area contributed by atoms with Gasteiger partial charge in [0.15, 0.2) is 17.3 Å². The van der Waals surface area contributed by atoms with E-state index in [0.29, 0.717) is 17.6 Å². The van der Waals surface area contributed by atoms with E-state index in [1.54, 1.807) is 24.7 Å². The van der Waals surface area contributed by atoms with Gasteiger partial charge in [0.2, 0.25) is 5.28 Å². The molecule has 5 atom stereocenters. The summed E-state index contributed by atoms with van der Waals surface area (Å²) < 4.78 is 29.9. The lowest BCUT2D eigenvalue weighted by molar-refractivity contribution is -0.163. The number of nitrogen functional groups attached to an aromatic ring is 1. The number of nitrogens with zero attached hydrogens (tertiary/aromatic N) is 4. The molecule has 3 aliphatic rings. The second-order valence-electron chi connectivity index (χ2n) is 7.18. The van der Waals surface area contributed by atoms with Gasteiger partial charge in [0.05, 0.1) is 27.8 Å². The number of aliphatic hydroxyl groups is 1. The average Bonchev–Trinajstić information content (AvgIpc) is 2.84. The van der Waals surface area contributed by atoms with Crippen molar-refractivity contribution in [2.45, 2.75) is 44.3 Å². The minimum absolute atomic E-state index is 0.00904. The molecule has 1 aliphatic heterocycles. The van der Waals surface area contributed by atoms with E-state index in [1.165, 1.54) is 0 Å². The molecule has 3 heterocycles. The molecule has 0 amide bonds. The summed E-state index contributed by atoms with van der Waals surface area (Å²) in [5.74, 6) is -0.876. The number of hydrogen-bond acceptors (Lipinski definition) is 7. The van der Waals surface area contributed by atoms with Crippen molar-refractivity contribution in [1.82, 2.24) is 19.5 Å². The normalized spacial score (nSPS) is 41.0. The van der Waals surface area contributed by atoms with E-state index in [2.05, 4.69) is 15.0 Å². The largest absolute Gasteiger partial charge is 0.396 e. The number of imidazole rings is 1. The van der Waals surface area contributed by atoms with Crippen molar-refractivity contribution >= 4 is 28.6 Å². The highest BCUT2D eigenvalue weighted by atomic mass is 35.5. The third kappa shape index (κ3) is 1.72. The van der Waals surface area contributed by atoms with Crippen LogP contribution in [0.3, 0.4) is 0 Å². The summed E-state index contributed by atoms with van der Waals surface area (Å²) >= 11 is 5.96. The molecule has 5 rings (SSSR count). The van der Waals surface area contributed by atoms with Crippen molar-refractivity contribution in [3.63, 3.8) is 0 Å². The molecule has 8 nitrogen and oxygen atoms in total. The molecule has 1 saturated heterocycles. The maximum atomic E-state index is 10.3. The number of hydrogen-bond donors (Lipinski definition) is 2. The molecule has 9 heteroatoms. The quantitative estimate of drug-likeness (QED) is 0.779. The Labute approximate surface area is 145 Å². The maximum Gasteiger partial charge on any atom is 0.226 e. The number of nitrogens with two attached hydrogens (primary N) is 1. The Morgan fingerprint density at radius 2 is 2.29 bits per heavy atom. The maximum absolute atomic E-state index is 10.3. The Bertz CT molecular complexity index is 932. The molecule has 2 saturated carbocycles. The van der Waals surface area contributed by atoms with Gasteiger partial charge in [0.1, 0.15) is 11.6 Å². The third-order valence-corrected chi connectivity index (χ3v) is 5.56. The number of aromatic nitrogens is 4. The van der Waals surface area contributed by atoms with Gasteiger partial charge in [-0.05, 0) is 37.8 Å². The predicted molar refractivity (Wildman–Crippen MR) is 85.2 cm³/mol. The summed E-state index contributed by atoms with van der Waals surface area (Å²) in [4.78, 5) is 12.5. The number of anilines is 1. The van der Waals surface area contributed by atoms with Crippen molar-refractivity contribution in [3.05, 3.63) is 11.6 Å². The van der Waals surface area contributed by atoms with E-state index in [4.69, 9.17) is 29.5 Å².